The van der Waals surface area contributed by atoms with Gasteiger partial charge in [-0.05, 0) is 38.9 Å². The number of hydrogen-bond acceptors (Lipinski definition) is 2. The Bertz CT molecular complexity index is 299. The van der Waals surface area contributed by atoms with Gasteiger partial charge in [0.05, 0.1) is 12.2 Å². The fraction of sp³-hybridized carbons (Fsp3) is 0.692. The van der Waals surface area contributed by atoms with E-state index in [9.17, 15) is 0 Å². The van der Waals surface area contributed by atoms with Gasteiger partial charge in [-0.15, -0.1) is 0 Å². The molecule has 0 atom stereocenters. The highest BCUT2D eigenvalue weighted by atomic mass is 16.5. The fourth-order valence-electron chi connectivity index (χ4n) is 1.46. The number of aromatic nitrogens is 1. The van der Waals surface area contributed by atoms with Crippen LogP contribution in [0.1, 0.15) is 33.3 Å². The summed E-state index contributed by atoms with van der Waals surface area (Å²) in [4.78, 5) is 0. The molecule has 0 unspecified atom stereocenters. The Labute approximate surface area is 98.8 Å². The van der Waals surface area contributed by atoms with Crippen LogP contribution in [0.15, 0.2) is 18.5 Å². The molecule has 16 heavy (non-hydrogen) atoms. The van der Waals surface area contributed by atoms with Crippen LogP contribution in [0.2, 0.25) is 0 Å². The van der Waals surface area contributed by atoms with Crippen molar-refractivity contribution < 1.29 is 4.74 Å². The summed E-state index contributed by atoms with van der Waals surface area (Å²) in [6.45, 7) is 12.0. The van der Waals surface area contributed by atoms with Crippen LogP contribution in [-0.4, -0.2) is 23.3 Å². The minimum Gasteiger partial charge on any atom is -0.374 e. The summed E-state index contributed by atoms with van der Waals surface area (Å²) in [5, 5.41) is 3.31. The number of hydrogen-bond donors (Lipinski definition) is 1. The Morgan fingerprint density at radius 1 is 1.38 bits per heavy atom. The molecular formula is C13H24N2O. The van der Waals surface area contributed by atoms with Gasteiger partial charge in [-0.25, -0.2) is 0 Å². The van der Waals surface area contributed by atoms with E-state index < -0.39 is 0 Å². The van der Waals surface area contributed by atoms with E-state index in [0.717, 1.165) is 26.2 Å². The van der Waals surface area contributed by atoms with Crippen LogP contribution in [0, 0.1) is 0 Å². The monoisotopic (exact) mass is 224 g/mol. The molecule has 1 heterocycles. The molecule has 0 aliphatic carbocycles. The van der Waals surface area contributed by atoms with Crippen molar-refractivity contribution in [1.82, 2.24) is 9.88 Å². The lowest BCUT2D eigenvalue weighted by Crippen LogP contribution is -2.21. The summed E-state index contributed by atoms with van der Waals surface area (Å²) in [5.41, 5.74) is 1.29. The van der Waals surface area contributed by atoms with Crippen LogP contribution in [0.3, 0.4) is 0 Å². The first-order valence-corrected chi connectivity index (χ1v) is 6.00. The van der Waals surface area contributed by atoms with Crippen molar-refractivity contribution >= 4 is 0 Å². The molecule has 0 spiro atoms. The van der Waals surface area contributed by atoms with Gasteiger partial charge in [-0.3, -0.25) is 0 Å². The van der Waals surface area contributed by atoms with E-state index in [0.29, 0.717) is 0 Å². The zero-order valence-corrected chi connectivity index (χ0v) is 10.9. The van der Waals surface area contributed by atoms with Crippen molar-refractivity contribution in [1.29, 1.82) is 0 Å². The van der Waals surface area contributed by atoms with E-state index in [1.54, 1.807) is 0 Å². The van der Waals surface area contributed by atoms with Crippen LogP contribution in [0.25, 0.3) is 0 Å². The average Bonchev–Trinajstić information content (AvgIpc) is 2.61. The molecule has 0 bridgehead atoms. The minimum absolute atomic E-state index is 0.0419. The smallest absolute Gasteiger partial charge is 0.0652 e. The van der Waals surface area contributed by atoms with E-state index in [2.05, 4.69) is 56.0 Å². The largest absolute Gasteiger partial charge is 0.374 e. The lowest BCUT2D eigenvalue weighted by atomic mass is 10.2. The zero-order chi connectivity index (χ0) is 12.0. The van der Waals surface area contributed by atoms with E-state index in [-0.39, 0.29) is 5.60 Å². The zero-order valence-electron chi connectivity index (χ0n) is 10.9. The van der Waals surface area contributed by atoms with Crippen molar-refractivity contribution in [3.8, 4) is 0 Å². The molecule has 3 nitrogen and oxygen atoms in total. The van der Waals surface area contributed by atoms with Crippen LogP contribution in [0.5, 0.6) is 0 Å². The van der Waals surface area contributed by atoms with Gasteiger partial charge >= 0.3 is 0 Å². The molecule has 0 aromatic carbocycles. The van der Waals surface area contributed by atoms with Crippen LogP contribution in [-0.2, 0) is 17.8 Å². The molecule has 1 rings (SSSR count). The molecule has 1 aromatic rings. The maximum Gasteiger partial charge on any atom is 0.0652 e. The molecule has 0 aliphatic heterocycles. The van der Waals surface area contributed by atoms with E-state index in [4.69, 9.17) is 4.74 Å². The molecule has 1 N–H and O–H groups in total. The summed E-state index contributed by atoms with van der Waals surface area (Å²) in [7, 11) is 0. The van der Waals surface area contributed by atoms with Gasteiger partial charge in [-0.2, -0.15) is 0 Å². The summed E-state index contributed by atoms with van der Waals surface area (Å²) in [6, 6.07) is 2.15. The highest BCUT2D eigenvalue weighted by molar-refractivity contribution is 5.09. The topological polar surface area (TPSA) is 26.2 Å². The maximum atomic E-state index is 5.69. The minimum atomic E-state index is -0.0419. The molecule has 3 heteroatoms. The van der Waals surface area contributed by atoms with Gasteiger partial charge in [0, 0.05) is 25.5 Å². The van der Waals surface area contributed by atoms with Crippen molar-refractivity contribution in [2.75, 3.05) is 13.2 Å². The highest BCUT2D eigenvalue weighted by Crippen LogP contribution is 2.07. The summed E-state index contributed by atoms with van der Waals surface area (Å²) in [6.07, 6.45) is 4.29. The number of rotatable bonds is 6. The lowest BCUT2D eigenvalue weighted by molar-refractivity contribution is -0.00679. The first-order chi connectivity index (χ1) is 7.51. The molecule has 0 aliphatic rings. The first-order valence-electron chi connectivity index (χ1n) is 6.00. The first kappa shape index (κ1) is 13.3. The summed E-state index contributed by atoms with van der Waals surface area (Å²) >= 11 is 0. The maximum absolute atomic E-state index is 5.69. The molecule has 0 fully saturated rings. The molecule has 92 valence electrons. The van der Waals surface area contributed by atoms with E-state index >= 15 is 0 Å². The van der Waals surface area contributed by atoms with Crippen molar-refractivity contribution in [3.05, 3.63) is 24.0 Å². The van der Waals surface area contributed by atoms with Crippen molar-refractivity contribution in [2.45, 2.75) is 46.4 Å². The van der Waals surface area contributed by atoms with E-state index in [1.807, 2.05) is 0 Å². The van der Waals surface area contributed by atoms with Crippen LogP contribution < -0.4 is 5.32 Å². The standard InChI is InChI=1S/C13H24N2O/c1-5-14-10-12-6-7-15(11-12)8-9-16-13(2,3)4/h6-7,11,14H,5,8-10H2,1-4H3. The second-order valence-corrected chi connectivity index (χ2v) is 5.00. The Balaban J connectivity index is 2.29. The second kappa shape index (κ2) is 6.06. The van der Waals surface area contributed by atoms with Gasteiger partial charge in [0.15, 0.2) is 0 Å². The van der Waals surface area contributed by atoms with Crippen molar-refractivity contribution in [2.24, 2.45) is 0 Å². The van der Waals surface area contributed by atoms with Crippen LogP contribution in [0.4, 0.5) is 0 Å². The third-order valence-electron chi connectivity index (χ3n) is 2.28. The second-order valence-electron chi connectivity index (χ2n) is 5.00. The van der Waals surface area contributed by atoms with E-state index in [1.165, 1.54) is 5.56 Å². The highest BCUT2D eigenvalue weighted by Gasteiger charge is 2.09. The molecule has 1 aromatic heterocycles. The van der Waals surface area contributed by atoms with Gasteiger partial charge < -0.3 is 14.6 Å². The van der Waals surface area contributed by atoms with Gasteiger partial charge in [0.1, 0.15) is 0 Å². The number of nitrogens with zero attached hydrogens (tertiary/aromatic N) is 1. The molecule has 0 amide bonds. The van der Waals surface area contributed by atoms with Gasteiger partial charge in [-0.1, -0.05) is 6.92 Å². The average molecular weight is 224 g/mol. The van der Waals surface area contributed by atoms with Gasteiger partial charge in [0.2, 0.25) is 0 Å². The fourth-order valence-corrected chi connectivity index (χ4v) is 1.46. The predicted molar refractivity (Wildman–Crippen MR) is 67.5 cm³/mol. The predicted octanol–water partition coefficient (Wildman–Crippen LogP) is 2.41. The quantitative estimate of drug-likeness (QED) is 0.803. The SMILES string of the molecule is CCNCc1ccn(CCOC(C)(C)C)c1. The molecule has 0 saturated heterocycles. The normalized spacial score (nSPS) is 12.0. The number of ether oxygens (including phenoxy) is 1. The number of nitrogens with one attached hydrogen (secondary N) is 1. The molecule has 0 saturated carbocycles. The Kier molecular flexibility index (Phi) is 5.03. The Hall–Kier alpha value is -0.800. The molecule has 0 radical (unpaired) electrons. The van der Waals surface area contributed by atoms with Crippen LogP contribution >= 0.6 is 0 Å². The lowest BCUT2D eigenvalue weighted by Gasteiger charge is -2.19. The third-order valence-corrected chi connectivity index (χ3v) is 2.28. The molecular weight excluding hydrogens is 200 g/mol. The summed E-state index contributed by atoms with van der Waals surface area (Å²) < 4.78 is 7.87. The Morgan fingerprint density at radius 3 is 2.75 bits per heavy atom. The summed E-state index contributed by atoms with van der Waals surface area (Å²) in [5.74, 6) is 0. The van der Waals surface area contributed by atoms with Crippen molar-refractivity contribution in [3.63, 3.8) is 0 Å². The Morgan fingerprint density at radius 2 is 2.12 bits per heavy atom. The van der Waals surface area contributed by atoms with Gasteiger partial charge in [0.25, 0.3) is 0 Å². The third kappa shape index (κ3) is 5.33.